The summed E-state index contributed by atoms with van der Waals surface area (Å²) in [7, 11) is -2.88. The summed E-state index contributed by atoms with van der Waals surface area (Å²) in [6.07, 6.45) is 1.53. The van der Waals surface area contributed by atoms with E-state index < -0.39 is 9.84 Å². The molecule has 94 valence electrons. The van der Waals surface area contributed by atoms with Gasteiger partial charge in [-0.3, -0.25) is 4.99 Å². The molecule has 1 aliphatic rings. The summed E-state index contributed by atoms with van der Waals surface area (Å²) in [5.41, 5.74) is 0. The lowest BCUT2D eigenvalue weighted by Gasteiger charge is -2.11. The molecule has 6 heteroatoms. The molecule has 1 heterocycles. The summed E-state index contributed by atoms with van der Waals surface area (Å²) in [4.78, 5) is 4.30. The normalized spacial score (nSPS) is 22.8. The van der Waals surface area contributed by atoms with Gasteiger partial charge in [0.1, 0.15) is 0 Å². The first kappa shape index (κ1) is 13.3. The highest BCUT2D eigenvalue weighted by Crippen LogP contribution is 2.19. The quantitative estimate of drug-likeness (QED) is 0.547. The van der Waals surface area contributed by atoms with E-state index in [0.717, 1.165) is 25.9 Å². The van der Waals surface area contributed by atoms with Crippen LogP contribution in [0.2, 0.25) is 0 Å². The Bertz CT molecular complexity index is 330. The molecule has 0 amide bonds. The molecular weight excluding hydrogens is 226 g/mol. The van der Waals surface area contributed by atoms with Crippen molar-refractivity contribution in [2.75, 3.05) is 25.4 Å². The third-order valence-corrected chi connectivity index (χ3v) is 4.86. The van der Waals surface area contributed by atoms with Gasteiger partial charge in [0.05, 0.1) is 17.5 Å². The van der Waals surface area contributed by atoms with E-state index in [1.54, 1.807) is 0 Å². The molecule has 0 aliphatic carbocycles. The number of sulfone groups is 1. The number of hydrogen-bond acceptors (Lipinski definition) is 3. The van der Waals surface area contributed by atoms with E-state index in [-0.39, 0.29) is 5.25 Å². The molecule has 0 saturated carbocycles. The first-order valence-electron chi connectivity index (χ1n) is 5.84. The van der Waals surface area contributed by atoms with E-state index in [0.29, 0.717) is 18.3 Å². The highest BCUT2D eigenvalue weighted by Gasteiger charge is 2.30. The zero-order valence-electron chi connectivity index (χ0n) is 9.99. The zero-order valence-corrected chi connectivity index (χ0v) is 10.8. The lowest BCUT2D eigenvalue weighted by Crippen LogP contribution is -2.38. The molecule has 0 aromatic carbocycles. The Labute approximate surface area is 97.6 Å². The molecule has 0 aromatic heterocycles. The molecule has 1 atom stereocenters. The SMILES string of the molecule is CCNC(=NC[C@H]1CCCS1(=O)=O)NCC. The number of hydrogen-bond donors (Lipinski definition) is 2. The van der Waals surface area contributed by atoms with E-state index in [1.807, 2.05) is 13.8 Å². The van der Waals surface area contributed by atoms with Crippen LogP contribution in [0, 0.1) is 0 Å². The van der Waals surface area contributed by atoms with Crippen molar-refractivity contribution in [2.24, 2.45) is 4.99 Å². The van der Waals surface area contributed by atoms with Gasteiger partial charge >= 0.3 is 0 Å². The summed E-state index contributed by atoms with van der Waals surface area (Å²) in [6, 6.07) is 0. The fourth-order valence-corrected chi connectivity index (χ4v) is 3.50. The molecule has 0 unspecified atom stereocenters. The van der Waals surface area contributed by atoms with Crippen molar-refractivity contribution in [1.29, 1.82) is 0 Å². The Balaban J connectivity index is 2.55. The van der Waals surface area contributed by atoms with Crippen LogP contribution < -0.4 is 10.6 Å². The first-order chi connectivity index (χ1) is 7.60. The third kappa shape index (κ3) is 3.66. The number of aliphatic imine (C=N–C) groups is 1. The van der Waals surface area contributed by atoms with Crippen LogP contribution >= 0.6 is 0 Å². The minimum Gasteiger partial charge on any atom is -0.357 e. The summed E-state index contributed by atoms with van der Waals surface area (Å²) in [5, 5.41) is 5.88. The maximum atomic E-state index is 11.6. The van der Waals surface area contributed by atoms with Crippen LogP contribution in [-0.2, 0) is 9.84 Å². The molecule has 0 bridgehead atoms. The van der Waals surface area contributed by atoms with Gasteiger partial charge in [-0.1, -0.05) is 0 Å². The van der Waals surface area contributed by atoms with E-state index in [9.17, 15) is 8.42 Å². The van der Waals surface area contributed by atoms with Gasteiger partial charge in [0, 0.05) is 13.1 Å². The number of nitrogens with zero attached hydrogens (tertiary/aromatic N) is 1. The fraction of sp³-hybridized carbons (Fsp3) is 0.900. The van der Waals surface area contributed by atoms with Crippen LogP contribution in [0.4, 0.5) is 0 Å². The van der Waals surface area contributed by atoms with Gasteiger partial charge in [-0.25, -0.2) is 8.42 Å². The van der Waals surface area contributed by atoms with Crippen molar-refractivity contribution >= 4 is 15.8 Å². The van der Waals surface area contributed by atoms with Gasteiger partial charge in [0.25, 0.3) is 0 Å². The fourth-order valence-electron chi connectivity index (χ4n) is 1.77. The summed E-state index contributed by atoms with van der Waals surface area (Å²) in [6.45, 7) is 5.91. The monoisotopic (exact) mass is 247 g/mol. The minimum absolute atomic E-state index is 0.278. The summed E-state index contributed by atoms with van der Waals surface area (Å²) < 4.78 is 23.2. The Morgan fingerprint density at radius 3 is 2.38 bits per heavy atom. The second-order valence-corrected chi connectivity index (χ2v) is 6.28. The number of rotatable bonds is 4. The topological polar surface area (TPSA) is 70.6 Å². The van der Waals surface area contributed by atoms with Crippen LogP contribution in [0.25, 0.3) is 0 Å². The van der Waals surface area contributed by atoms with Gasteiger partial charge in [-0.05, 0) is 26.7 Å². The van der Waals surface area contributed by atoms with Crippen LogP contribution in [0.3, 0.4) is 0 Å². The third-order valence-electron chi connectivity index (χ3n) is 2.60. The van der Waals surface area contributed by atoms with Crippen LogP contribution in [0.5, 0.6) is 0 Å². The molecule has 1 fully saturated rings. The molecule has 1 rings (SSSR count). The van der Waals surface area contributed by atoms with Crippen LogP contribution in [0.1, 0.15) is 26.7 Å². The Kier molecular flexibility index (Phi) is 5.05. The molecule has 2 N–H and O–H groups in total. The van der Waals surface area contributed by atoms with Crippen LogP contribution in [-0.4, -0.2) is 45.0 Å². The standard InChI is InChI=1S/C10H21N3O2S/c1-3-11-10(12-4-2)13-8-9-6-5-7-16(9,14)15/h9H,3-8H2,1-2H3,(H2,11,12,13)/t9-/m1/s1. The highest BCUT2D eigenvalue weighted by atomic mass is 32.2. The predicted molar refractivity (Wildman–Crippen MR) is 66.5 cm³/mol. The van der Waals surface area contributed by atoms with Gasteiger partial charge in [-0.2, -0.15) is 0 Å². The van der Waals surface area contributed by atoms with Crippen LogP contribution in [0.15, 0.2) is 4.99 Å². The highest BCUT2D eigenvalue weighted by molar-refractivity contribution is 7.92. The van der Waals surface area contributed by atoms with E-state index in [2.05, 4.69) is 15.6 Å². The smallest absolute Gasteiger partial charge is 0.191 e. The molecule has 0 radical (unpaired) electrons. The van der Waals surface area contributed by atoms with Gasteiger partial charge in [0.2, 0.25) is 0 Å². The average molecular weight is 247 g/mol. The van der Waals surface area contributed by atoms with E-state index in [4.69, 9.17) is 0 Å². The number of guanidine groups is 1. The van der Waals surface area contributed by atoms with Crippen molar-refractivity contribution in [1.82, 2.24) is 10.6 Å². The van der Waals surface area contributed by atoms with Crippen molar-refractivity contribution in [2.45, 2.75) is 31.9 Å². The second kappa shape index (κ2) is 6.08. The molecule has 0 spiro atoms. The first-order valence-corrected chi connectivity index (χ1v) is 7.55. The van der Waals surface area contributed by atoms with Gasteiger partial charge in [-0.15, -0.1) is 0 Å². The Hall–Kier alpha value is -0.780. The largest absolute Gasteiger partial charge is 0.357 e. The number of nitrogens with one attached hydrogen (secondary N) is 2. The van der Waals surface area contributed by atoms with Crippen molar-refractivity contribution in [3.8, 4) is 0 Å². The van der Waals surface area contributed by atoms with Crippen molar-refractivity contribution in [3.05, 3.63) is 0 Å². The zero-order chi connectivity index (χ0) is 12.0. The second-order valence-electron chi connectivity index (χ2n) is 3.88. The minimum atomic E-state index is -2.88. The van der Waals surface area contributed by atoms with Gasteiger partial charge in [0.15, 0.2) is 15.8 Å². The van der Waals surface area contributed by atoms with Crippen molar-refractivity contribution < 1.29 is 8.42 Å². The summed E-state index contributed by atoms with van der Waals surface area (Å²) >= 11 is 0. The van der Waals surface area contributed by atoms with E-state index >= 15 is 0 Å². The molecule has 1 aliphatic heterocycles. The van der Waals surface area contributed by atoms with Crippen molar-refractivity contribution in [3.63, 3.8) is 0 Å². The Morgan fingerprint density at radius 1 is 1.31 bits per heavy atom. The average Bonchev–Trinajstić information content (AvgIpc) is 2.55. The lowest BCUT2D eigenvalue weighted by atomic mass is 10.2. The molecule has 16 heavy (non-hydrogen) atoms. The predicted octanol–water partition coefficient (Wildman–Crippen LogP) is 0.139. The Morgan fingerprint density at radius 2 is 1.94 bits per heavy atom. The summed E-state index contributed by atoms with van der Waals surface area (Å²) in [5.74, 6) is 1.03. The lowest BCUT2D eigenvalue weighted by molar-refractivity contribution is 0.589. The molecule has 5 nitrogen and oxygen atoms in total. The molecule has 0 aromatic rings. The molecular formula is C10H21N3O2S. The van der Waals surface area contributed by atoms with E-state index in [1.165, 1.54) is 0 Å². The van der Waals surface area contributed by atoms with Gasteiger partial charge < -0.3 is 10.6 Å². The maximum Gasteiger partial charge on any atom is 0.191 e. The maximum absolute atomic E-state index is 11.6. The molecule has 1 saturated heterocycles.